The largest absolute Gasteiger partial charge is 0.437 e. The molecule has 0 N–H and O–H groups in total. The maximum Gasteiger partial charge on any atom is 0.227 e. The van der Waals surface area contributed by atoms with E-state index in [1.807, 2.05) is 211 Å². The molecule has 12 heterocycles. The van der Waals surface area contributed by atoms with Gasteiger partial charge >= 0.3 is 0 Å². The topological polar surface area (TPSA) is 120 Å². The van der Waals surface area contributed by atoms with Gasteiger partial charge in [0.1, 0.15) is 28.2 Å². The minimum Gasteiger partial charge on any atom is -0.437 e. The van der Waals surface area contributed by atoms with Crippen LogP contribution in [0, 0.1) is 81.7 Å². The van der Waals surface area contributed by atoms with E-state index in [-0.39, 0.29) is 28.2 Å². The molecule has 0 amide bonds. The Kier molecular flexibility index (Phi) is 13.6. The summed E-state index contributed by atoms with van der Waals surface area (Å²) < 4.78 is 170. The van der Waals surface area contributed by atoms with E-state index in [1.165, 1.54) is 0 Å². The number of rotatable bonds is 6. The van der Waals surface area contributed by atoms with Crippen LogP contribution in [0.15, 0.2) is 237 Å². The van der Waals surface area contributed by atoms with Gasteiger partial charge < -0.3 is 17.7 Å². The molecule has 0 aliphatic heterocycles. The van der Waals surface area contributed by atoms with Crippen molar-refractivity contribution in [3.05, 3.63) is 286 Å². The SMILES string of the molecule is [2H]C([2H])([2H])c1c[n+](C)c(-c2c(C)cc(C([2H])([2H])[2H])c3c2oc2nc4ccccc4cc23)cc1C.[2H]C([2H])([2H])c1cc(C)c(-c2cc(C)cc[n+]2C)c2oc3nc4ccccc4cc3c12.[2H]C([2H])([2H])c1ccc(-c2c(C)cc(C([2H])([2H])[2H])c3c2oc2nc4ccccc4cc23)[n+](C)c1.[2H]C([2H])(c1cc[n+](C)c(-c2c(C)ccc3c2oc2nc4ccccc4cc23)c1)C(C)C. The van der Waals surface area contributed by atoms with E-state index in [2.05, 4.69) is 52.2 Å². The second kappa shape index (κ2) is 28.0. The first kappa shape index (κ1) is 53.9. The molecule has 12 heteroatoms. The van der Waals surface area contributed by atoms with Gasteiger partial charge in [-0.25, -0.2) is 38.2 Å². The Morgan fingerprint density at radius 2 is 0.730 bits per heavy atom. The van der Waals surface area contributed by atoms with Crippen LogP contribution in [0.5, 0.6) is 0 Å². The molecule has 0 aliphatic carbocycles. The van der Waals surface area contributed by atoms with Crippen LogP contribution in [-0.4, -0.2) is 19.9 Å². The number of furan rings is 4. The van der Waals surface area contributed by atoms with Gasteiger partial charge in [-0.1, -0.05) is 117 Å². The Hall–Kier alpha value is -12.8. The molecule has 12 nitrogen and oxygen atoms in total. The van der Waals surface area contributed by atoms with Gasteiger partial charge in [-0.15, -0.1) is 0 Å². The Morgan fingerprint density at radius 1 is 0.324 bits per heavy atom. The third kappa shape index (κ3) is 12.7. The summed E-state index contributed by atoms with van der Waals surface area (Å²) in [4.78, 5) is 18.7. The van der Waals surface area contributed by atoms with Crippen molar-refractivity contribution >= 4 is 132 Å². The lowest BCUT2D eigenvalue weighted by molar-refractivity contribution is -0.660. The number of benzene rings is 8. The minimum atomic E-state index is -2.35. The van der Waals surface area contributed by atoms with Gasteiger partial charge in [0.15, 0.2) is 47.1 Å². The fourth-order valence-corrected chi connectivity index (χ4v) is 15.6. The Labute approximate surface area is 669 Å². The van der Waals surface area contributed by atoms with Crippen molar-refractivity contribution in [3.63, 3.8) is 0 Å². The lowest BCUT2D eigenvalue weighted by Gasteiger charge is -2.09. The molecule has 0 aliphatic rings. The number of hydrogen-bond donors (Lipinski definition) is 0. The van der Waals surface area contributed by atoms with Gasteiger partial charge in [-0.3, -0.25) is 0 Å². The summed E-state index contributed by atoms with van der Waals surface area (Å²) >= 11 is 0. The van der Waals surface area contributed by atoms with Gasteiger partial charge in [0.25, 0.3) is 0 Å². The van der Waals surface area contributed by atoms with Crippen molar-refractivity contribution < 1.29 is 59.2 Å². The number of nitrogens with zero attached hydrogens (tertiary/aromatic N) is 8. The Morgan fingerprint density at radius 3 is 1.19 bits per heavy atom. The number of hydrogen-bond acceptors (Lipinski definition) is 8. The first-order valence-corrected chi connectivity index (χ1v) is 36.8. The van der Waals surface area contributed by atoms with Gasteiger partial charge in [0, 0.05) is 135 Å². The first-order valence-electron chi connectivity index (χ1n) is 45.3. The number of aryl methyl sites for hydroxylation is 15. The molecule has 0 atom stereocenters. The lowest BCUT2D eigenvalue weighted by Crippen LogP contribution is -2.31. The highest BCUT2D eigenvalue weighted by molar-refractivity contribution is 6.16. The molecule has 111 heavy (non-hydrogen) atoms. The van der Waals surface area contributed by atoms with E-state index >= 15 is 0 Å². The van der Waals surface area contributed by atoms with E-state index in [1.54, 1.807) is 72.9 Å². The third-order valence-corrected chi connectivity index (χ3v) is 21.0. The van der Waals surface area contributed by atoms with Crippen LogP contribution < -0.4 is 18.3 Å². The third-order valence-electron chi connectivity index (χ3n) is 21.0. The van der Waals surface area contributed by atoms with Crippen molar-refractivity contribution in [2.75, 3.05) is 0 Å². The second-order valence-electron chi connectivity index (χ2n) is 29.3. The predicted molar refractivity (Wildman–Crippen MR) is 453 cm³/mol. The smallest absolute Gasteiger partial charge is 0.227 e. The summed E-state index contributed by atoms with van der Waals surface area (Å²) in [5, 5.41) is 9.45. The van der Waals surface area contributed by atoms with Crippen molar-refractivity contribution in [1.82, 2.24) is 19.9 Å². The summed E-state index contributed by atoms with van der Waals surface area (Å²) in [6.07, 6.45) is 5.69. The maximum absolute atomic E-state index is 8.56. The molecule has 12 aromatic heterocycles. The molecule has 0 spiro atoms. The van der Waals surface area contributed by atoms with Crippen molar-refractivity contribution in [1.29, 1.82) is 0 Å². The van der Waals surface area contributed by atoms with Crippen LogP contribution in [0.3, 0.4) is 0 Å². The van der Waals surface area contributed by atoms with E-state index in [0.717, 1.165) is 121 Å². The monoisotopic (exact) mass is 1470 g/mol. The molecule has 0 radical (unpaired) electrons. The van der Waals surface area contributed by atoms with E-state index < -0.39 is 40.6 Å². The lowest BCUT2D eigenvalue weighted by atomic mass is 9.96. The standard InChI is InChI=1S/C26H25N2O.C25H23N2O.2C24H21N2O/c1-16(2)13-18-11-12-28(4)23(14-18)24-17(3)9-10-20-21-15-19-7-5-6-8-22(19)27-26(21)29-25(20)24;1-14-11-21(27(5)13-17(14)4)23-16(3)10-15(2)22-19-12-18-8-6-7-9-20(18)26-25(19)28-24(22)23;1-14-9-10-20(26(4)13-14)22-16(3)11-15(2)21-18-12-17-7-5-6-8-19(17)25-24(18)27-23(21)22;1-14-9-10-26(4)20(11-14)22-16(3)12-15(2)21-18-13-17-7-5-6-8-19(17)25-24(18)27-23(21)22/h5-12,14-16H,13H2,1-4H3;6-13H,1-5H3;2*5-13H,1-4H3/q4*+1/i13D2;2D3,4D3;1D3,2D3;2D3. The normalized spacial score (nSPS) is 14.7. The summed E-state index contributed by atoms with van der Waals surface area (Å²) in [7, 11) is 7.51. The molecule has 546 valence electrons. The maximum atomic E-state index is 8.56. The average Bonchev–Trinajstić information content (AvgIpc) is 1.68. The summed E-state index contributed by atoms with van der Waals surface area (Å²) in [6, 6.07) is 61.4. The minimum absolute atomic E-state index is 0.132. The van der Waals surface area contributed by atoms with Crippen molar-refractivity contribution in [2.24, 2.45) is 34.1 Å². The molecule has 0 fully saturated rings. The average molecular weight is 1470 g/mol. The highest BCUT2D eigenvalue weighted by atomic mass is 16.4. The van der Waals surface area contributed by atoms with Crippen molar-refractivity contribution in [2.45, 2.75) is 96.0 Å². The molecule has 20 aromatic rings. The van der Waals surface area contributed by atoms with Crippen LogP contribution in [0.2, 0.25) is 0 Å². The molecule has 0 unspecified atom stereocenters. The number of pyridine rings is 8. The van der Waals surface area contributed by atoms with E-state index in [4.69, 9.17) is 46.0 Å². The summed E-state index contributed by atoms with van der Waals surface area (Å²) in [6.45, 7) is 3.87. The highest BCUT2D eigenvalue weighted by Gasteiger charge is 2.29. The van der Waals surface area contributed by atoms with Crippen LogP contribution in [-0.2, 0) is 34.6 Å². The van der Waals surface area contributed by atoms with Gasteiger partial charge in [-0.05, 0) is 198 Å². The fourth-order valence-electron chi connectivity index (χ4n) is 15.6. The molecular formula is C99H90N8O4+4. The van der Waals surface area contributed by atoms with Crippen molar-refractivity contribution in [3.8, 4) is 45.0 Å². The Balaban J connectivity index is 0.000000120. The predicted octanol–water partition coefficient (Wildman–Crippen LogP) is 23.1. The zero-order chi connectivity index (χ0) is 91.4. The quantitative estimate of drug-likeness (QED) is 0.151. The molecule has 20 rings (SSSR count). The number of aromatic nitrogens is 8. The number of fused-ring (bicyclic) bond motifs is 16. The summed E-state index contributed by atoms with van der Waals surface area (Å²) in [5.41, 5.74) is 20.9. The molecule has 0 saturated carbocycles. The molecule has 0 saturated heterocycles. The number of para-hydroxylation sites is 4. The van der Waals surface area contributed by atoms with Gasteiger partial charge in [0.2, 0.25) is 45.6 Å². The van der Waals surface area contributed by atoms with Crippen LogP contribution >= 0.6 is 0 Å². The van der Waals surface area contributed by atoms with E-state index in [0.29, 0.717) is 100 Å². The molecule has 8 aromatic carbocycles. The second-order valence-corrected chi connectivity index (χ2v) is 29.3. The van der Waals surface area contributed by atoms with Gasteiger partial charge in [0.05, 0.1) is 44.3 Å². The highest BCUT2D eigenvalue weighted by Crippen LogP contribution is 2.44. The van der Waals surface area contributed by atoms with Crippen LogP contribution in [0.25, 0.3) is 177 Å². The zero-order valence-corrected chi connectivity index (χ0v) is 63.6. The molecule has 0 bridgehead atoms. The zero-order valence-electron chi connectivity index (χ0n) is 80.6. The first-order chi connectivity index (χ1) is 60.3. The van der Waals surface area contributed by atoms with E-state index in [9.17, 15) is 0 Å². The van der Waals surface area contributed by atoms with Gasteiger partial charge in [-0.2, -0.15) is 0 Å². The fraction of sp³-hybridized carbons (Fsp3) is 0.192. The summed E-state index contributed by atoms with van der Waals surface area (Å²) in [5.74, 6) is -0.132. The Bertz CT molecular complexity index is 7970. The molecular weight excluding hydrogens is 1370 g/mol. The van der Waals surface area contributed by atoms with Crippen LogP contribution in [0.1, 0.15) is 104 Å². The van der Waals surface area contributed by atoms with Crippen LogP contribution in [0.4, 0.5) is 0 Å².